The minimum atomic E-state index is 0.126. The van der Waals surface area contributed by atoms with Gasteiger partial charge in [0.05, 0.1) is 11.7 Å². The number of amides is 1. The molecule has 3 rings (SSSR count). The van der Waals surface area contributed by atoms with Gasteiger partial charge in [-0.2, -0.15) is 5.10 Å². The highest BCUT2D eigenvalue weighted by Gasteiger charge is 2.30. The minimum absolute atomic E-state index is 0.126. The van der Waals surface area contributed by atoms with Crippen LogP contribution in [0.3, 0.4) is 0 Å². The fourth-order valence-corrected chi connectivity index (χ4v) is 3.26. The van der Waals surface area contributed by atoms with E-state index in [1.54, 1.807) is 10.9 Å². The molecule has 1 N–H and O–H groups in total. The number of nitrogens with zero attached hydrogens (tertiary/aromatic N) is 4. The molecule has 0 aromatic carbocycles. The summed E-state index contributed by atoms with van der Waals surface area (Å²) >= 11 is 0. The van der Waals surface area contributed by atoms with Gasteiger partial charge in [0, 0.05) is 25.5 Å². The number of hydrogen-bond acceptors (Lipinski definition) is 4. The number of rotatable bonds is 4. The van der Waals surface area contributed by atoms with Crippen LogP contribution in [0.25, 0.3) is 0 Å². The van der Waals surface area contributed by atoms with Crippen molar-refractivity contribution in [2.75, 3.05) is 18.9 Å². The van der Waals surface area contributed by atoms with Gasteiger partial charge in [-0.05, 0) is 50.5 Å². The van der Waals surface area contributed by atoms with E-state index in [4.69, 9.17) is 0 Å². The van der Waals surface area contributed by atoms with Gasteiger partial charge in [-0.3, -0.25) is 9.48 Å². The topological polar surface area (TPSA) is 63.1 Å². The van der Waals surface area contributed by atoms with Crippen molar-refractivity contribution in [3.63, 3.8) is 0 Å². The Bertz CT molecular complexity index is 709. The van der Waals surface area contributed by atoms with Crippen LogP contribution in [0.1, 0.15) is 35.8 Å². The summed E-state index contributed by atoms with van der Waals surface area (Å²) < 4.78 is 1.79. The summed E-state index contributed by atoms with van der Waals surface area (Å²) in [6.07, 6.45) is 3.82. The van der Waals surface area contributed by atoms with Crippen molar-refractivity contribution in [1.29, 1.82) is 0 Å². The molecule has 0 bridgehead atoms. The second kappa shape index (κ2) is 6.40. The quantitative estimate of drug-likeness (QED) is 0.941. The van der Waals surface area contributed by atoms with Gasteiger partial charge in [0.15, 0.2) is 0 Å². The molecule has 0 aliphatic carbocycles. The number of carbonyl (C=O) groups is 1. The Morgan fingerprint density at radius 3 is 2.91 bits per heavy atom. The van der Waals surface area contributed by atoms with E-state index in [-0.39, 0.29) is 11.9 Å². The normalized spacial score (nSPS) is 17.5. The molecular weight excluding hydrogens is 290 g/mol. The number of carbonyl (C=O) groups excluding carboxylic acids is 1. The van der Waals surface area contributed by atoms with Crippen LogP contribution in [0, 0.1) is 13.8 Å². The van der Waals surface area contributed by atoms with Crippen molar-refractivity contribution in [2.45, 2.75) is 39.3 Å². The summed E-state index contributed by atoms with van der Waals surface area (Å²) in [5.41, 5.74) is 3.11. The predicted molar refractivity (Wildman–Crippen MR) is 89.2 cm³/mol. The van der Waals surface area contributed by atoms with Gasteiger partial charge in [0.2, 0.25) is 5.91 Å². The van der Waals surface area contributed by atoms with Crippen LogP contribution in [0.15, 0.2) is 24.4 Å². The number of pyridine rings is 1. The highest BCUT2D eigenvalue weighted by atomic mass is 16.2. The van der Waals surface area contributed by atoms with Crippen LogP contribution in [0.4, 0.5) is 5.82 Å². The van der Waals surface area contributed by atoms with Crippen molar-refractivity contribution in [3.05, 3.63) is 41.3 Å². The van der Waals surface area contributed by atoms with E-state index < -0.39 is 0 Å². The highest BCUT2D eigenvalue weighted by Crippen LogP contribution is 2.32. The SMILES string of the molecule is CNc1cc([C@@H]2CCCN2C(=O)Cn2nc(C)cc2C)ccn1. The fraction of sp³-hybridized carbons (Fsp3) is 0.471. The van der Waals surface area contributed by atoms with Gasteiger partial charge in [0.25, 0.3) is 0 Å². The zero-order valence-corrected chi connectivity index (χ0v) is 13.9. The zero-order chi connectivity index (χ0) is 16.4. The second-order valence-corrected chi connectivity index (χ2v) is 6.05. The van der Waals surface area contributed by atoms with Crippen molar-refractivity contribution in [1.82, 2.24) is 19.7 Å². The lowest BCUT2D eigenvalue weighted by Gasteiger charge is -2.25. The Morgan fingerprint density at radius 1 is 1.39 bits per heavy atom. The van der Waals surface area contributed by atoms with Gasteiger partial charge in [-0.25, -0.2) is 4.98 Å². The van der Waals surface area contributed by atoms with Crippen molar-refractivity contribution in [2.24, 2.45) is 0 Å². The van der Waals surface area contributed by atoms with Crippen molar-refractivity contribution in [3.8, 4) is 0 Å². The third-order valence-corrected chi connectivity index (χ3v) is 4.39. The third kappa shape index (κ3) is 3.21. The summed E-state index contributed by atoms with van der Waals surface area (Å²) in [7, 11) is 1.85. The van der Waals surface area contributed by atoms with Crippen LogP contribution in [0.5, 0.6) is 0 Å². The molecule has 1 aliphatic rings. The second-order valence-electron chi connectivity index (χ2n) is 6.05. The van der Waals surface area contributed by atoms with Crippen LogP contribution in [-0.2, 0) is 11.3 Å². The third-order valence-electron chi connectivity index (χ3n) is 4.39. The van der Waals surface area contributed by atoms with Crippen molar-refractivity contribution < 1.29 is 4.79 Å². The van der Waals surface area contributed by atoms with Crippen molar-refractivity contribution >= 4 is 11.7 Å². The van der Waals surface area contributed by atoms with Gasteiger partial charge in [-0.1, -0.05) is 0 Å². The minimum Gasteiger partial charge on any atom is -0.373 e. The lowest BCUT2D eigenvalue weighted by atomic mass is 10.1. The Morgan fingerprint density at radius 2 is 2.22 bits per heavy atom. The summed E-state index contributed by atoms with van der Waals surface area (Å²) in [5.74, 6) is 0.960. The standard InChI is InChI=1S/C17H23N5O/c1-12-9-13(2)22(20-12)11-17(23)21-8-4-5-15(21)14-6-7-19-16(10-14)18-3/h6-7,9-10,15H,4-5,8,11H2,1-3H3,(H,18,19)/t15-/m0/s1. The maximum atomic E-state index is 12.7. The predicted octanol–water partition coefficient (Wildman–Crippen LogP) is 2.30. The molecule has 0 spiro atoms. The summed E-state index contributed by atoms with van der Waals surface area (Å²) in [4.78, 5) is 19.0. The highest BCUT2D eigenvalue weighted by molar-refractivity contribution is 5.77. The molecule has 0 saturated carbocycles. The number of anilines is 1. The monoisotopic (exact) mass is 313 g/mol. The van der Waals surface area contributed by atoms with E-state index in [1.165, 1.54) is 0 Å². The van der Waals surface area contributed by atoms with Crippen LogP contribution >= 0.6 is 0 Å². The molecule has 6 heteroatoms. The summed E-state index contributed by atoms with van der Waals surface area (Å²) in [6, 6.07) is 6.16. The lowest BCUT2D eigenvalue weighted by Crippen LogP contribution is -2.34. The Labute approximate surface area is 136 Å². The molecule has 1 amide bonds. The maximum Gasteiger partial charge on any atom is 0.244 e. The first-order chi connectivity index (χ1) is 11.1. The van der Waals surface area contributed by atoms with Gasteiger partial charge >= 0.3 is 0 Å². The number of nitrogens with one attached hydrogen (secondary N) is 1. The molecule has 0 unspecified atom stereocenters. The smallest absolute Gasteiger partial charge is 0.244 e. The van der Waals surface area contributed by atoms with Gasteiger partial charge < -0.3 is 10.2 Å². The number of hydrogen-bond donors (Lipinski definition) is 1. The lowest BCUT2D eigenvalue weighted by molar-refractivity contribution is -0.133. The Kier molecular flexibility index (Phi) is 4.32. The first kappa shape index (κ1) is 15.5. The average molecular weight is 313 g/mol. The largest absolute Gasteiger partial charge is 0.373 e. The molecule has 1 aliphatic heterocycles. The number of aromatic nitrogens is 3. The van der Waals surface area contributed by atoms with E-state index in [2.05, 4.69) is 15.4 Å². The molecule has 3 heterocycles. The summed E-state index contributed by atoms with van der Waals surface area (Å²) in [5, 5.41) is 7.45. The van der Waals surface area contributed by atoms with E-state index >= 15 is 0 Å². The van der Waals surface area contributed by atoms with Gasteiger partial charge in [0.1, 0.15) is 12.4 Å². The first-order valence-corrected chi connectivity index (χ1v) is 8.02. The van der Waals surface area contributed by atoms with E-state index in [0.717, 1.165) is 42.2 Å². The maximum absolute atomic E-state index is 12.7. The van der Waals surface area contributed by atoms with E-state index in [1.807, 2.05) is 44.0 Å². The average Bonchev–Trinajstić information content (AvgIpc) is 3.14. The number of likely N-dealkylation sites (tertiary alicyclic amines) is 1. The van der Waals surface area contributed by atoms with Crippen LogP contribution in [0.2, 0.25) is 0 Å². The molecule has 23 heavy (non-hydrogen) atoms. The molecule has 0 radical (unpaired) electrons. The molecule has 122 valence electrons. The van der Waals surface area contributed by atoms with E-state index in [9.17, 15) is 4.79 Å². The molecular formula is C17H23N5O. The van der Waals surface area contributed by atoms with E-state index in [0.29, 0.717) is 6.54 Å². The molecule has 1 fully saturated rings. The molecule has 2 aromatic heterocycles. The molecule has 6 nitrogen and oxygen atoms in total. The zero-order valence-electron chi connectivity index (χ0n) is 13.9. The van der Waals surface area contributed by atoms with Crippen LogP contribution in [-0.4, -0.2) is 39.2 Å². The Hall–Kier alpha value is -2.37. The first-order valence-electron chi connectivity index (χ1n) is 8.02. The van der Waals surface area contributed by atoms with Gasteiger partial charge in [-0.15, -0.1) is 0 Å². The Balaban J connectivity index is 1.78. The number of aryl methyl sites for hydroxylation is 2. The molecule has 1 atom stereocenters. The fourth-order valence-electron chi connectivity index (χ4n) is 3.26. The van der Waals surface area contributed by atoms with Crippen LogP contribution < -0.4 is 5.32 Å². The molecule has 1 saturated heterocycles. The molecule has 2 aromatic rings. The summed E-state index contributed by atoms with van der Waals surface area (Å²) in [6.45, 7) is 5.04.